The van der Waals surface area contributed by atoms with Gasteiger partial charge in [0.05, 0.1) is 11.6 Å². The molecule has 0 aliphatic carbocycles. The average Bonchev–Trinajstić information content (AvgIpc) is 3.02. The lowest BCUT2D eigenvalue weighted by Gasteiger charge is -2.07. The third-order valence-electron chi connectivity index (χ3n) is 3.38. The van der Waals surface area contributed by atoms with Gasteiger partial charge in [0.2, 0.25) is 0 Å². The predicted molar refractivity (Wildman–Crippen MR) is 90.7 cm³/mol. The monoisotopic (exact) mass is 304 g/mol. The average molecular weight is 305 g/mol. The molecule has 0 saturated heterocycles. The van der Waals surface area contributed by atoms with Crippen molar-refractivity contribution in [1.29, 1.82) is 5.26 Å². The molecule has 1 heterocycles. The van der Waals surface area contributed by atoms with E-state index in [1.54, 1.807) is 0 Å². The second-order valence-electron chi connectivity index (χ2n) is 4.82. The maximum absolute atomic E-state index is 9.43. The van der Waals surface area contributed by atoms with Crippen LogP contribution < -0.4 is 0 Å². The standard InChI is InChI=1S/C19H13ClN2/c20-17-8-10-18(11-9-17)22-12-4-7-19(22)13-16(14-21)15-5-2-1-3-6-15/h1-13H. The van der Waals surface area contributed by atoms with Gasteiger partial charge in [0.25, 0.3) is 0 Å². The molecule has 0 atom stereocenters. The van der Waals surface area contributed by atoms with E-state index in [2.05, 4.69) is 6.07 Å². The number of allylic oxidation sites excluding steroid dienone is 1. The SMILES string of the molecule is N#CC(=Cc1cccn1-c1ccc(Cl)cc1)c1ccccc1. The van der Waals surface area contributed by atoms with Crippen molar-refractivity contribution < 1.29 is 0 Å². The highest BCUT2D eigenvalue weighted by Crippen LogP contribution is 2.21. The summed E-state index contributed by atoms with van der Waals surface area (Å²) in [6.07, 6.45) is 3.86. The van der Waals surface area contributed by atoms with E-state index in [0.717, 1.165) is 16.9 Å². The highest BCUT2D eigenvalue weighted by Gasteiger charge is 2.05. The molecule has 0 bridgehead atoms. The summed E-state index contributed by atoms with van der Waals surface area (Å²) in [4.78, 5) is 0. The summed E-state index contributed by atoms with van der Waals surface area (Å²) < 4.78 is 2.02. The number of rotatable bonds is 3. The number of halogens is 1. The van der Waals surface area contributed by atoms with Crippen LogP contribution >= 0.6 is 11.6 Å². The minimum absolute atomic E-state index is 0.634. The van der Waals surface area contributed by atoms with E-state index < -0.39 is 0 Å². The van der Waals surface area contributed by atoms with Gasteiger partial charge in [-0.3, -0.25) is 0 Å². The normalized spacial score (nSPS) is 11.2. The third-order valence-corrected chi connectivity index (χ3v) is 3.63. The Labute approximate surface area is 134 Å². The fourth-order valence-electron chi connectivity index (χ4n) is 2.29. The van der Waals surface area contributed by atoms with Gasteiger partial charge in [-0.25, -0.2) is 0 Å². The Balaban J connectivity index is 2.03. The molecule has 106 valence electrons. The Bertz CT molecular complexity index is 837. The molecule has 3 rings (SSSR count). The molecule has 0 N–H and O–H groups in total. The van der Waals surface area contributed by atoms with E-state index in [-0.39, 0.29) is 0 Å². The number of benzene rings is 2. The molecule has 0 amide bonds. The van der Waals surface area contributed by atoms with Crippen LogP contribution in [-0.4, -0.2) is 4.57 Å². The lowest BCUT2D eigenvalue weighted by Crippen LogP contribution is -1.94. The Kier molecular flexibility index (Phi) is 4.09. The summed E-state index contributed by atoms with van der Waals surface area (Å²) in [5.74, 6) is 0. The summed E-state index contributed by atoms with van der Waals surface area (Å²) in [6, 6.07) is 23.5. The van der Waals surface area contributed by atoms with Crippen molar-refractivity contribution in [2.75, 3.05) is 0 Å². The van der Waals surface area contributed by atoms with Crippen LogP contribution in [0.1, 0.15) is 11.3 Å². The molecule has 2 nitrogen and oxygen atoms in total. The van der Waals surface area contributed by atoms with Gasteiger partial charge in [-0.15, -0.1) is 0 Å². The van der Waals surface area contributed by atoms with E-state index in [1.807, 2.05) is 83.6 Å². The number of nitriles is 1. The van der Waals surface area contributed by atoms with Crippen molar-refractivity contribution in [1.82, 2.24) is 4.57 Å². The molecule has 0 saturated carbocycles. The zero-order valence-corrected chi connectivity index (χ0v) is 12.5. The number of hydrogen-bond donors (Lipinski definition) is 0. The van der Waals surface area contributed by atoms with E-state index in [9.17, 15) is 5.26 Å². The van der Waals surface area contributed by atoms with Crippen LogP contribution in [0.4, 0.5) is 0 Å². The maximum Gasteiger partial charge on any atom is 0.0998 e. The molecule has 0 unspecified atom stereocenters. The highest BCUT2D eigenvalue weighted by atomic mass is 35.5. The number of aromatic nitrogens is 1. The van der Waals surface area contributed by atoms with E-state index in [1.165, 1.54) is 0 Å². The molecule has 1 aromatic heterocycles. The van der Waals surface area contributed by atoms with E-state index >= 15 is 0 Å². The summed E-state index contributed by atoms with van der Waals surface area (Å²) in [5.41, 5.74) is 3.50. The molecule has 0 fully saturated rings. The summed E-state index contributed by atoms with van der Waals surface area (Å²) in [6.45, 7) is 0. The van der Waals surface area contributed by atoms with E-state index in [0.29, 0.717) is 10.6 Å². The molecule has 0 spiro atoms. The number of hydrogen-bond acceptors (Lipinski definition) is 1. The fraction of sp³-hybridized carbons (Fsp3) is 0. The van der Waals surface area contributed by atoms with Crippen LogP contribution in [0, 0.1) is 11.3 Å². The van der Waals surface area contributed by atoms with Crippen molar-refractivity contribution in [2.45, 2.75) is 0 Å². The van der Waals surface area contributed by atoms with E-state index in [4.69, 9.17) is 11.6 Å². The highest BCUT2D eigenvalue weighted by molar-refractivity contribution is 6.30. The van der Waals surface area contributed by atoms with Crippen molar-refractivity contribution in [3.63, 3.8) is 0 Å². The van der Waals surface area contributed by atoms with Gasteiger partial charge < -0.3 is 4.57 Å². The van der Waals surface area contributed by atoms with Crippen LogP contribution in [0.2, 0.25) is 5.02 Å². The van der Waals surface area contributed by atoms with Crippen molar-refractivity contribution >= 4 is 23.3 Å². The second kappa shape index (κ2) is 6.34. The van der Waals surface area contributed by atoms with Crippen molar-refractivity contribution in [2.24, 2.45) is 0 Å². The summed E-state index contributed by atoms with van der Waals surface area (Å²) >= 11 is 5.94. The third kappa shape index (κ3) is 2.95. The first-order chi connectivity index (χ1) is 10.8. The lowest BCUT2D eigenvalue weighted by atomic mass is 10.1. The zero-order valence-electron chi connectivity index (χ0n) is 11.8. The molecule has 3 aromatic rings. The van der Waals surface area contributed by atoms with Gasteiger partial charge in [0.1, 0.15) is 0 Å². The van der Waals surface area contributed by atoms with Crippen molar-refractivity contribution in [3.05, 3.63) is 89.2 Å². The Morgan fingerprint density at radius 1 is 0.955 bits per heavy atom. The van der Waals surface area contributed by atoms with Crippen LogP contribution in [0.5, 0.6) is 0 Å². The second-order valence-corrected chi connectivity index (χ2v) is 5.25. The van der Waals surface area contributed by atoms with Crippen molar-refractivity contribution in [3.8, 4) is 11.8 Å². The zero-order chi connectivity index (χ0) is 15.4. The minimum Gasteiger partial charge on any atom is -0.317 e. The Morgan fingerprint density at radius 3 is 2.36 bits per heavy atom. The smallest absolute Gasteiger partial charge is 0.0998 e. The molecule has 0 aliphatic heterocycles. The Morgan fingerprint density at radius 2 is 1.68 bits per heavy atom. The summed E-state index contributed by atoms with van der Waals surface area (Å²) in [5, 5.41) is 10.1. The molecule has 3 heteroatoms. The molecule has 22 heavy (non-hydrogen) atoms. The minimum atomic E-state index is 0.634. The van der Waals surface area contributed by atoms with Crippen LogP contribution in [0.3, 0.4) is 0 Å². The molecular formula is C19H13ClN2. The van der Waals surface area contributed by atoms with Gasteiger partial charge in [0.15, 0.2) is 0 Å². The number of nitrogens with zero attached hydrogens (tertiary/aromatic N) is 2. The lowest BCUT2D eigenvalue weighted by molar-refractivity contribution is 1.06. The van der Waals surface area contributed by atoms with Gasteiger partial charge >= 0.3 is 0 Å². The van der Waals surface area contributed by atoms with Crippen LogP contribution in [0.25, 0.3) is 17.3 Å². The van der Waals surface area contributed by atoms with Crippen LogP contribution in [0.15, 0.2) is 72.9 Å². The topological polar surface area (TPSA) is 28.7 Å². The molecular weight excluding hydrogens is 292 g/mol. The first kappa shape index (κ1) is 14.2. The van der Waals surface area contributed by atoms with Gasteiger partial charge in [-0.1, -0.05) is 41.9 Å². The predicted octanol–water partition coefficient (Wildman–Crippen LogP) is 5.19. The van der Waals surface area contributed by atoms with Gasteiger partial charge in [-0.05, 0) is 48.0 Å². The first-order valence-electron chi connectivity index (χ1n) is 6.88. The van der Waals surface area contributed by atoms with Crippen LogP contribution in [-0.2, 0) is 0 Å². The fourth-order valence-corrected chi connectivity index (χ4v) is 2.42. The van der Waals surface area contributed by atoms with Gasteiger partial charge in [-0.2, -0.15) is 5.26 Å². The molecule has 0 radical (unpaired) electrons. The largest absolute Gasteiger partial charge is 0.317 e. The summed E-state index contributed by atoms with van der Waals surface area (Å²) in [7, 11) is 0. The first-order valence-corrected chi connectivity index (χ1v) is 7.26. The quantitative estimate of drug-likeness (QED) is 0.612. The molecule has 0 aliphatic rings. The molecule has 2 aromatic carbocycles. The Hall–Kier alpha value is -2.76. The van der Waals surface area contributed by atoms with Gasteiger partial charge in [0, 0.05) is 22.6 Å². The maximum atomic E-state index is 9.43.